The number of pyridine rings is 1. The van der Waals surface area contributed by atoms with Crippen molar-refractivity contribution in [3.8, 4) is 11.6 Å². The summed E-state index contributed by atoms with van der Waals surface area (Å²) < 4.78 is 18.7. The van der Waals surface area contributed by atoms with Gasteiger partial charge >= 0.3 is 0 Å². The molecule has 0 radical (unpaired) electrons. The molecule has 0 atom stereocenters. The number of ether oxygens (including phenoxy) is 1. The lowest BCUT2D eigenvalue weighted by molar-refractivity contribution is 0.427. The average Bonchev–Trinajstić information content (AvgIpc) is 2.32. The van der Waals surface area contributed by atoms with E-state index in [1.54, 1.807) is 24.3 Å². The average molecular weight is 248 g/mol. The molecule has 0 aliphatic heterocycles. The van der Waals surface area contributed by atoms with Crippen molar-refractivity contribution in [1.29, 1.82) is 0 Å². The zero-order chi connectivity index (χ0) is 12.3. The number of aromatic nitrogens is 1. The minimum atomic E-state index is -0.466. The fraction of sp³-hybridized carbons (Fsp3) is 0. The molecule has 0 unspecified atom stereocenters. The first kappa shape index (κ1) is 11.5. The summed E-state index contributed by atoms with van der Waals surface area (Å²) in [4.78, 5) is 4.14. The van der Waals surface area contributed by atoms with Crippen molar-refractivity contribution in [2.75, 3.05) is 0 Å². The van der Waals surface area contributed by atoms with Crippen LogP contribution in [0.5, 0.6) is 11.6 Å². The molecule has 0 bridgehead atoms. The molecule has 2 N–H and O–H groups in total. The SMILES string of the molecule is NC(=S)c1cccnc1Oc1ccccc1F. The van der Waals surface area contributed by atoms with Crippen LogP contribution in [0.3, 0.4) is 0 Å². The molecule has 2 aromatic rings. The number of nitrogens with two attached hydrogens (primary N) is 1. The van der Waals surface area contributed by atoms with Gasteiger partial charge in [0.1, 0.15) is 4.99 Å². The predicted octanol–water partition coefficient (Wildman–Crippen LogP) is 2.65. The van der Waals surface area contributed by atoms with Crippen molar-refractivity contribution in [2.45, 2.75) is 0 Å². The van der Waals surface area contributed by atoms with Crippen LogP contribution in [-0.2, 0) is 0 Å². The van der Waals surface area contributed by atoms with Crippen LogP contribution in [0.4, 0.5) is 4.39 Å². The minimum absolute atomic E-state index is 0.0868. The number of hydrogen-bond acceptors (Lipinski definition) is 3. The van der Waals surface area contributed by atoms with Crippen molar-refractivity contribution in [3.63, 3.8) is 0 Å². The Labute approximate surface area is 103 Å². The van der Waals surface area contributed by atoms with E-state index in [0.29, 0.717) is 5.56 Å². The third kappa shape index (κ3) is 2.57. The highest BCUT2D eigenvalue weighted by atomic mass is 32.1. The van der Waals surface area contributed by atoms with Gasteiger partial charge in [-0.2, -0.15) is 0 Å². The van der Waals surface area contributed by atoms with E-state index in [2.05, 4.69) is 4.98 Å². The smallest absolute Gasteiger partial charge is 0.229 e. The van der Waals surface area contributed by atoms with Crippen LogP contribution in [0.2, 0.25) is 0 Å². The van der Waals surface area contributed by atoms with E-state index >= 15 is 0 Å². The Bertz CT molecular complexity index is 560. The normalized spacial score (nSPS) is 9.94. The maximum atomic E-state index is 13.4. The van der Waals surface area contributed by atoms with E-state index in [0.717, 1.165) is 0 Å². The van der Waals surface area contributed by atoms with Gasteiger partial charge in [0.05, 0.1) is 5.56 Å². The molecule has 2 rings (SSSR count). The predicted molar refractivity (Wildman–Crippen MR) is 66.6 cm³/mol. The lowest BCUT2D eigenvalue weighted by Crippen LogP contribution is -2.11. The summed E-state index contributed by atoms with van der Waals surface area (Å²) in [5, 5.41) is 0. The van der Waals surface area contributed by atoms with Gasteiger partial charge in [0.15, 0.2) is 11.6 Å². The fourth-order valence-corrected chi connectivity index (χ4v) is 1.45. The van der Waals surface area contributed by atoms with Gasteiger partial charge in [0.2, 0.25) is 5.88 Å². The quantitative estimate of drug-likeness (QED) is 0.848. The lowest BCUT2D eigenvalue weighted by Gasteiger charge is -2.08. The number of rotatable bonds is 3. The molecule has 86 valence electrons. The third-order valence-corrected chi connectivity index (χ3v) is 2.30. The van der Waals surface area contributed by atoms with Crippen molar-refractivity contribution in [2.24, 2.45) is 5.73 Å². The highest BCUT2D eigenvalue weighted by Crippen LogP contribution is 2.24. The van der Waals surface area contributed by atoms with Gasteiger partial charge in [0.25, 0.3) is 0 Å². The number of benzene rings is 1. The Morgan fingerprint density at radius 1 is 1.24 bits per heavy atom. The largest absolute Gasteiger partial charge is 0.435 e. The number of halogens is 1. The molecule has 0 amide bonds. The Balaban J connectivity index is 2.37. The molecule has 0 aliphatic carbocycles. The summed E-state index contributed by atoms with van der Waals surface area (Å²) in [5.41, 5.74) is 6.00. The second-order valence-electron chi connectivity index (χ2n) is 3.25. The van der Waals surface area contributed by atoms with Crippen LogP contribution in [0, 0.1) is 5.82 Å². The van der Waals surface area contributed by atoms with Crippen LogP contribution >= 0.6 is 12.2 Å². The third-order valence-electron chi connectivity index (χ3n) is 2.08. The van der Waals surface area contributed by atoms with Gasteiger partial charge in [0, 0.05) is 6.20 Å². The molecular formula is C12H9FN2OS. The van der Waals surface area contributed by atoms with Gasteiger partial charge in [-0.3, -0.25) is 0 Å². The summed E-state index contributed by atoms with van der Waals surface area (Å²) in [6, 6.07) is 9.41. The summed E-state index contributed by atoms with van der Waals surface area (Å²) in [5.74, 6) is -0.180. The monoisotopic (exact) mass is 248 g/mol. The van der Waals surface area contributed by atoms with Crippen molar-refractivity contribution < 1.29 is 9.13 Å². The molecule has 17 heavy (non-hydrogen) atoms. The Hall–Kier alpha value is -2.01. The molecule has 1 aromatic carbocycles. The molecule has 0 spiro atoms. The lowest BCUT2D eigenvalue weighted by atomic mass is 10.2. The van der Waals surface area contributed by atoms with E-state index in [-0.39, 0.29) is 16.6 Å². The molecule has 0 saturated heterocycles. The van der Waals surface area contributed by atoms with Crippen molar-refractivity contribution in [1.82, 2.24) is 4.98 Å². The second-order valence-corrected chi connectivity index (χ2v) is 3.69. The van der Waals surface area contributed by atoms with Gasteiger partial charge in [-0.1, -0.05) is 24.4 Å². The first-order valence-corrected chi connectivity index (χ1v) is 5.26. The molecular weight excluding hydrogens is 239 g/mol. The first-order chi connectivity index (χ1) is 8.18. The van der Waals surface area contributed by atoms with Crippen LogP contribution in [0.1, 0.15) is 5.56 Å². The maximum absolute atomic E-state index is 13.4. The Morgan fingerprint density at radius 2 is 2.00 bits per heavy atom. The Kier molecular flexibility index (Phi) is 3.30. The minimum Gasteiger partial charge on any atom is -0.435 e. The Morgan fingerprint density at radius 3 is 2.71 bits per heavy atom. The van der Waals surface area contributed by atoms with Crippen LogP contribution in [-0.4, -0.2) is 9.97 Å². The molecule has 5 heteroatoms. The topological polar surface area (TPSA) is 48.1 Å². The molecule has 1 aromatic heterocycles. The zero-order valence-electron chi connectivity index (χ0n) is 8.76. The van der Waals surface area contributed by atoms with Crippen LogP contribution in [0.25, 0.3) is 0 Å². The summed E-state index contributed by atoms with van der Waals surface area (Å²) in [6.45, 7) is 0. The van der Waals surface area contributed by atoms with Gasteiger partial charge in [-0.05, 0) is 24.3 Å². The summed E-state index contributed by atoms with van der Waals surface area (Å²) in [7, 11) is 0. The number of para-hydroxylation sites is 1. The number of hydrogen-bond donors (Lipinski definition) is 1. The van der Waals surface area contributed by atoms with E-state index in [4.69, 9.17) is 22.7 Å². The van der Waals surface area contributed by atoms with E-state index in [9.17, 15) is 4.39 Å². The van der Waals surface area contributed by atoms with E-state index in [1.165, 1.54) is 18.3 Å². The maximum Gasteiger partial charge on any atom is 0.229 e. The summed E-state index contributed by atoms with van der Waals surface area (Å²) >= 11 is 4.86. The number of thiocarbonyl (C=S) groups is 1. The highest BCUT2D eigenvalue weighted by molar-refractivity contribution is 7.80. The van der Waals surface area contributed by atoms with E-state index in [1.807, 2.05) is 0 Å². The van der Waals surface area contributed by atoms with Crippen LogP contribution < -0.4 is 10.5 Å². The molecule has 3 nitrogen and oxygen atoms in total. The van der Waals surface area contributed by atoms with Gasteiger partial charge in [-0.15, -0.1) is 0 Å². The van der Waals surface area contributed by atoms with Gasteiger partial charge < -0.3 is 10.5 Å². The first-order valence-electron chi connectivity index (χ1n) is 4.85. The van der Waals surface area contributed by atoms with Crippen molar-refractivity contribution >= 4 is 17.2 Å². The van der Waals surface area contributed by atoms with Gasteiger partial charge in [-0.25, -0.2) is 9.37 Å². The highest BCUT2D eigenvalue weighted by Gasteiger charge is 2.10. The van der Waals surface area contributed by atoms with E-state index < -0.39 is 5.82 Å². The molecule has 1 heterocycles. The molecule has 0 aliphatic rings. The van der Waals surface area contributed by atoms with Crippen LogP contribution in [0.15, 0.2) is 42.6 Å². The second kappa shape index (κ2) is 4.88. The molecule has 0 saturated carbocycles. The zero-order valence-corrected chi connectivity index (χ0v) is 9.58. The molecule has 0 fully saturated rings. The fourth-order valence-electron chi connectivity index (χ4n) is 1.29. The van der Waals surface area contributed by atoms with Crippen molar-refractivity contribution in [3.05, 3.63) is 54.0 Å². The number of nitrogens with zero attached hydrogens (tertiary/aromatic N) is 1. The summed E-state index contributed by atoms with van der Waals surface area (Å²) in [6.07, 6.45) is 1.53. The standard InChI is InChI=1S/C12H9FN2OS/c13-9-5-1-2-6-10(9)16-12-8(11(14)17)4-3-7-15-12/h1-7H,(H2,14,17).